The second-order valence-corrected chi connectivity index (χ2v) is 6.95. The standard InChI is InChI=1S/C19H29N3O2.ClH/c1-4-11-21(5-2)17(23)15-6-8-16(9-7-15)18(24)22-12-10-19(3,13-20)14-22;/h6-9H,4-5,10-14,20H2,1-3H3;1H. The molecule has 0 spiro atoms. The van der Waals surface area contributed by atoms with E-state index in [1.54, 1.807) is 24.3 Å². The van der Waals surface area contributed by atoms with Gasteiger partial charge in [0.15, 0.2) is 0 Å². The van der Waals surface area contributed by atoms with E-state index in [-0.39, 0.29) is 29.6 Å². The third-order valence-electron chi connectivity index (χ3n) is 4.88. The van der Waals surface area contributed by atoms with Gasteiger partial charge in [-0.05, 0) is 56.0 Å². The number of hydrogen-bond acceptors (Lipinski definition) is 3. The Morgan fingerprint density at radius 2 is 1.80 bits per heavy atom. The molecule has 0 aliphatic carbocycles. The number of likely N-dealkylation sites (tertiary alicyclic amines) is 1. The van der Waals surface area contributed by atoms with Gasteiger partial charge in [0.2, 0.25) is 0 Å². The predicted octanol–water partition coefficient (Wildman–Crippen LogP) is 2.79. The number of carbonyl (C=O) groups excluding carboxylic acids is 2. The smallest absolute Gasteiger partial charge is 0.253 e. The van der Waals surface area contributed by atoms with Gasteiger partial charge in [0.25, 0.3) is 11.8 Å². The van der Waals surface area contributed by atoms with Gasteiger partial charge < -0.3 is 15.5 Å². The van der Waals surface area contributed by atoms with Crippen LogP contribution in [0.15, 0.2) is 24.3 Å². The predicted molar refractivity (Wildman–Crippen MR) is 103 cm³/mol. The van der Waals surface area contributed by atoms with Gasteiger partial charge in [0.05, 0.1) is 0 Å². The Hall–Kier alpha value is -1.59. The van der Waals surface area contributed by atoms with Crippen LogP contribution in [0, 0.1) is 5.41 Å². The number of hydrogen-bond donors (Lipinski definition) is 1. The summed E-state index contributed by atoms with van der Waals surface area (Å²) in [6, 6.07) is 7.03. The van der Waals surface area contributed by atoms with Crippen LogP contribution in [0.1, 0.15) is 54.3 Å². The van der Waals surface area contributed by atoms with Crippen LogP contribution in [0.5, 0.6) is 0 Å². The molecule has 5 nitrogen and oxygen atoms in total. The molecule has 140 valence electrons. The zero-order valence-corrected chi connectivity index (χ0v) is 16.3. The maximum Gasteiger partial charge on any atom is 0.253 e. The van der Waals surface area contributed by atoms with E-state index in [4.69, 9.17) is 5.73 Å². The highest BCUT2D eigenvalue weighted by atomic mass is 35.5. The highest BCUT2D eigenvalue weighted by Gasteiger charge is 2.35. The van der Waals surface area contributed by atoms with Crippen molar-refractivity contribution in [2.75, 3.05) is 32.7 Å². The molecular weight excluding hydrogens is 338 g/mol. The first-order valence-electron chi connectivity index (χ1n) is 8.82. The molecule has 1 aliphatic heterocycles. The van der Waals surface area contributed by atoms with Crippen molar-refractivity contribution in [2.45, 2.75) is 33.6 Å². The number of amides is 2. The Labute approximate surface area is 157 Å². The van der Waals surface area contributed by atoms with Crippen LogP contribution in [0.4, 0.5) is 0 Å². The highest BCUT2D eigenvalue weighted by Crippen LogP contribution is 2.29. The fraction of sp³-hybridized carbons (Fsp3) is 0.579. The van der Waals surface area contributed by atoms with Crippen LogP contribution < -0.4 is 5.73 Å². The van der Waals surface area contributed by atoms with Crippen molar-refractivity contribution >= 4 is 24.2 Å². The number of nitrogens with zero attached hydrogens (tertiary/aromatic N) is 2. The van der Waals surface area contributed by atoms with Crippen molar-refractivity contribution in [1.82, 2.24) is 9.80 Å². The van der Waals surface area contributed by atoms with Crippen LogP contribution in [0.25, 0.3) is 0 Å². The largest absolute Gasteiger partial charge is 0.339 e. The minimum atomic E-state index is 0. The third kappa shape index (κ3) is 4.95. The van der Waals surface area contributed by atoms with Gasteiger partial charge in [-0.1, -0.05) is 13.8 Å². The molecule has 2 N–H and O–H groups in total. The van der Waals surface area contributed by atoms with Crippen LogP contribution in [-0.2, 0) is 0 Å². The summed E-state index contributed by atoms with van der Waals surface area (Å²) in [5.74, 6) is 0.0438. The Morgan fingerprint density at radius 1 is 1.20 bits per heavy atom. The summed E-state index contributed by atoms with van der Waals surface area (Å²) in [4.78, 5) is 28.7. The first kappa shape index (κ1) is 21.5. The molecule has 1 fully saturated rings. The van der Waals surface area contributed by atoms with E-state index in [2.05, 4.69) is 13.8 Å². The lowest BCUT2D eigenvalue weighted by Gasteiger charge is -2.23. The second kappa shape index (κ2) is 9.20. The highest BCUT2D eigenvalue weighted by molar-refractivity contribution is 5.98. The van der Waals surface area contributed by atoms with Gasteiger partial charge in [-0.25, -0.2) is 0 Å². The lowest BCUT2D eigenvalue weighted by Crippen LogP contribution is -2.34. The van der Waals surface area contributed by atoms with E-state index >= 15 is 0 Å². The minimum absolute atomic E-state index is 0. The number of carbonyl (C=O) groups is 2. The first-order chi connectivity index (χ1) is 11.4. The molecule has 2 amide bonds. The summed E-state index contributed by atoms with van der Waals surface area (Å²) in [6.07, 6.45) is 1.87. The number of nitrogens with two attached hydrogens (primary N) is 1. The van der Waals surface area contributed by atoms with Crippen molar-refractivity contribution in [1.29, 1.82) is 0 Å². The molecule has 0 saturated carbocycles. The molecule has 1 heterocycles. The summed E-state index contributed by atoms with van der Waals surface area (Å²) in [6.45, 7) is 9.64. The summed E-state index contributed by atoms with van der Waals surface area (Å²) in [5, 5.41) is 0. The van der Waals surface area contributed by atoms with Crippen molar-refractivity contribution < 1.29 is 9.59 Å². The Kier molecular flexibility index (Phi) is 7.90. The summed E-state index contributed by atoms with van der Waals surface area (Å²) < 4.78 is 0. The molecule has 1 aromatic rings. The molecule has 2 rings (SSSR count). The van der Waals surface area contributed by atoms with Crippen LogP contribution in [0.2, 0.25) is 0 Å². The Bertz CT molecular complexity index is 591. The Morgan fingerprint density at radius 3 is 2.28 bits per heavy atom. The molecule has 1 unspecified atom stereocenters. The maximum atomic E-state index is 12.6. The van der Waals surface area contributed by atoms with E-state index in [9.17, 15) is 9.59 Å². The zero-order chi connectivity index (χ0) is 17.7. The average Bonchev–Trinajstić information content (AvgIpc) is 3.01. The van der Waals surface area contributed by atoms with E-state index in [1.807, 2.05) is 16.7 Å². The van der Waals surface area contributed by atoms with Crippen LogP contribution >= 0.6 is 12.4 Å². The molecule has 0 bridgehead atoms. The van der Waals surface area contributed by atoms with Gasteiger partial charge in [0, 0.05) is 37.3 Å². The quantitative estimate of drug-likeness (QED) is 0.840. The van der Waals surface area contributed by atoms with Crippen molar-refractivity contribution in [3.63, 3.8) is 0 Å². The molecule has 0 aromatic heterocycles. The normalized spacial score (nSPS) is 19.4. The first-order valence-corrected chi connectivity index (χ1v) is 8.82. The van der Waals surface area contributed by atoms with Gasteiger partial charge in [-0.2, -0.15) is 0 Å². The van der Waals surface area contributed by atoms with Gasteiger partial charge in [-0.15, -0.1) is 12.4 Å². The molecule has 25 heavy (non-hydrogen) atoms. The van der Waals surface area contributed by atoms with Crippen LogP contribution in [-0.4, -0.2) is 54.3 Å². The van der Waals surface area contributed by atoms with E-state index in [0.29, 0.717) is 30.8 Å². The topological polar surface area (TPSA) is 66.6 Å². The number of benzene rings is 1. The van der Waals surface area contributed by atoms with E-state index in [0.717, 1.165) is 25.9 Å². The van der Waals surface area contributed by atoms with Crippen LogP contribution in [0.3, 0.4) is 0 Å². The molecule has 1 aliphatic rings. The summed E-state index contributed by atoms with van der Waals surface area (Å²) in [7, 11) is 0. The summed E-state index contributed by atoms with van der Waals surface area (Å²) in [5.41, 5.74) is 7.09. The van der Waals surface area contributed by atoms with Gasteiger partial charge in [-0.3, -0.25) is 9.59 Å². The third-order valence-corrected chi connectivity index (χ3v) is 4.88. The zero-order valence-electron chi connectivity index (χ0n) is 15.5. The molecule has 1 atom stereocenters. The maximum absolute atomic E-state index is 12.6. The van der Waals surface area contributed by atoms with Gasteiger partial charge in [0.1, 0.15) is 0 Å². The minimum Gasteiger partial charge on any atom is -0.339 e. The average molecular weight is 368 g/mol. The lowest BCUT2D eigenvalue weighted by atomic mass is 9.90. The second-order valence-electron chi connectivity index (χ2n) is 6.95. The SMILES string of the molecule is CCCN(CC)C(=O)c1ccc(C(=O)N2CCC(C)(CN)C2)cc1.Cl. The van der Waals surface area contributed by atoms with Crippen molar-refractivity contribution in [2.24, 2.45) is 11.1 Å². The van der Waals surface area contributed by atoms with E-state index < -0.39 is 0 Å². The molecular formula is C19H30ClN3O2. The lowest BCUT2D eigenvalue weighted by molar-refractivity contribution is 0.0757. The molecule has 0 radical (unpaired) electrons. The fourth-order valence-electron chi connectivity index (χ4n) is 3.16. The molecule has 1 aromatic carbocycles. The molecule has 6 heteroatoms. The number of rotatable bonds is 6. The fourth-order valence-corrected chi connectivity index (χ4v) is 3.16. The Balaban J connectivity index is 0.00000312. The van der Waals surface area contributed by atoms with Crippen molar-refractivity contribution in [3.8, 4) is 0 Å². The number of halogens is 1. The van der Waals surface area contributed by atoms with Crippen molar-refractivity contribution in [3.05, 3.63) is 35.4 Å². The van der Waals surface area contributed by atoms with Gasteiger partial charge >= 0.3 is 0 Å². The summed E-state index contributed by atoms with van der Waals surface area (Å²) >= 11 is 0. The molecule has 1 saturated heterocycles. The van der Waals surface area contributed by atoms with E-state index in [1.165, 1.54) is 0 Å². The monoisotopic (exact) mass is 367 g/mol.